The fourth-order valence-electron chi connectivity index (χ4n) is 1.62. The van der Waals surface area contributed by atoms with Gasteiger partial charge in [-0.15, -0.1) is 0 Å². The van der Waals surface area contributed by atoms with E-state index in [0.29, 0.717) is 32.5 Å². The molecule has 0 saturated heterocycles. The van der Waals surface area contributed by atoms with E-state index in [2.05, 4.69) is 15.9 Å². The summed E-state index contributed by atoms with van der Waals surface area (Å²) in [5, 5.41) is 0. The monoisotopic (exact) mass is 350 g/mol. The van der Waals surface area contributed by atoms with E-state index in [1.54, 1.807) is 6.92 Å². The Labute approximate surface area is 125 Å². The van der Waals surface area contributed by atoms with E-state index in [4.69, 9.17) is 9.47 Å². The molecule has 3 nitrogen and oxygen atoms in total. The first kappa shape index (κ1) is 16.9. The zero-order chi connectivity index (χ0) is 15.0. The number of carbonyl (C=O) groups is 1. The molecular formula is C14H17BrF2O3. The Morgan fingerprint density at radius 3 is 2.65 bits per heavy atom. The lowest BCUT2D eigenvalue weighted by Gasteiger charge is -2.09. The van der Waals surface area contributed by atoms with Crippen LogP contribution >= 0.6 is 15.9 Å². The number of hydrogen-bond acceptors (Lipinski definition) is 3. The van der Waals surface area contributed by atoms with Gasteiger partial charge >= 0.3 is 5.97 Å². The summed E-state index contributed by atoms with van der Waals surface area (Å²) in [6.45, 7) is 2.46. The minimum atomic E-state index is -0.733. The van der Waals surface area contributed by atoms with Crippen LogP contribution in [0.15, 0.2) is 16.6 Å². The fraction of sp³-hybridized carbons (Fsp3) is 0.500. The molecule has 1 aromatic carbocycles. The third-order valence-electron chi connectivity index (χ3n) is 2.54. The first-order chi connectivity index (χ1) is 9.54. The van der Waals surface area contributed by atoms with Gasteiger partial charge in [-0.05, 0) is 48.2 Å². The Balaban J connectivity index is 2.23. The minimum absolute atomic E-state index is 0.0109. The van der Waals surface area contributed by atoms with E-state index >= 15 is 0 Å². The van der Waals surface area contributed by atoms with Gasteiger partial charge in [-0.3, -0.25) is 4.79 Å². The predicted octanol–water partition coefficient (Wildman–Crippen LogP) is 4.23. The van der Waals surface area contributed by atoms with Crippen LogP contribution in [0, 0.1) is 11.6 Å². The molecule has 0 amide bonds. The van der Waals surface area contributed by atoms with Crippen molar-refractivity contribution in [2.24, 2.45) is 0 Å². The molecular weight excluding hydrogens is 334 g/mol. The van der Waals surface area contributed by atoms with Crippen molar-refractivity contribution in [2.45, 2.75) is 32.6 Å². The molecule has 0 spiro atoms. The quantitative estimate of drug-likeness (QED) is 0.519. The fourth-order valence-corrected chi connectivity index (χ4v) is 2.14. The van der Waals surface area contributed by atoms with Crippen LogP contribution in [0.5, 0.6) is 5.75 Å². The Hall–Kier alpha value is -1.17. The van der Waals surface area contributed by atoms with Crippen molar-refractivity contribution < 1.29 is 23.0 Å². The van der Waals surface area contributed by atoms with Gasteiger partial charge in [0.2, 0.25) is 0 Å². The summed E-state index contributed by atoms with van der Waals surface area (Å²) in [5.41, 5.74) is 0. The van der Waals surface area contributed by atoms with E-state index in [0.717, 1.165) is 18.6 Å². The van der Waals surface area contributed by atoms with Gasteiger partial charge in [-0.1, -0.05) is 0 Å². The third kappa shape index (κ3) is 5.86. The molecule has 20 heavy (non-hydrogen) atoms. The van der Waals surface area contributed by atoms with Crippen molar-refractivity contribution in [3.63, 3.8) is 0 Å². The maximum atomic E-state index is 13.4. The second kappa shape index (κ2) is 8.89. The highest BCUT2D eigenvalue weighted by atomic mass is 79.9. The molecule has 0 unspecified atom stereocenters. The molecule has 0 aromatic heterocycles. The summed E-state index contributed by atoms with van der Waals surface area (Å²) >= 11 is 3.05. The van der Waals surface area contributed by atoms with Crippen LogP contribution in [0.2, 0.25) is 0 Å². The first-order valence-corrected chi connectivity index (χ1v) is 7.27. The van der Waals surface area contributed by atoms with Gasteiger partial charge in [0.05, 0.1) is 17.7 Å². The molecule has 0 aliphatic carbocycles. The Bertz CT molecular complexity index is 429. The normalized spacial score (nSPS) is 10.4. The van der Waals surface area contributed by atoms with Crippen LogP contribution in [0.25, 0.3) is 0 Å². The van der Waals surface area contributed by atoms with Gasteiger partial charge in [-0.25, -0.2) is 8.78 Å². The van der Waals surface area contributed by atoms with Crippen LogP contribution in [0.3, 0.4) is 0 Å². The number of unbranched alkanes of at least 4 members (excludes halogenated alkanes) is 2. The molecule has 1 aromatic rings. The van der Waals surface area contributed by atoms with Crippen LogP contribution in [-0.2, 0) is 9.53 Å². The Morgan fingerprint density at radius 1 is 1.25 bits per heavy atom. The highest BCUT2D eigenvalue weighted by Crippen LogP contribution is 2.29. The number of ether oxygens (including phenoxy) is 2. The molecule has 0 radical (unpaired) electrons. The molecule has 0 aliphatic rings. The van der Waals surface area contributed by atoms with Crippen molar-refractivity contribution in [3.05, 3.63) is 28.2 Å². The summed E-state index contributed by atoms with van der Waals surface area (Å²) in [6.07, 6.45) is 2.54. The predicted molar refractivity (Wildman–Crippen MR) is 74.7 cm³/mol. The lowest BCUT2D eigenvalue weighted by molar-refractivity contribution is -0.143. The van der Waals surface area contributed by atoms with Gasteiger partial charge < -0.3 is 9.47 Å². The lowest BCUT2D eigenvalue weighted by Crippen LogP contribution is -2.04. The maximum absolute atomic E-state index is 13.4. The molecule has 0 fully saturated rings. The van der Waals surface area contributed by atoms with Crippen LogP contribution < -0.4 is 4.74 Å². The van der Waals surface area contributed by atoms with E-state index < -0.39 is 11.6 Å². The molecule has 112 valence electrons. The molecule has 1 rings (SSSR count). The standard InChI is InChI=1S/C14H17BrF2O3/c1-2-19-13(18)6-4-3-5-7-20-14-11(15)8-10(16)9-12(14)17/h8-9H,2-7H2,1H3. The van der Waals surface area contributed by atoms with Gasteiger partial charge in [0, 0.05) is 12.5 Å². The highest BCUT2D eigenvalue weighted by molar-refractivity contribution is 9.10. The number of esters is 1. The Kier molecular flexibility index (Phi) is 7.51. The molecule has 0 saturated carbocycles. The zero-order valence-electron chi connectivity index (χ0n) is 11.3. The highest BCUT2D eigenvalue weighted by Gasteiger charge is 2.10. The number of rotatable bonds is 8. The topological polar surface area (TPSA) is 35.5 Å². The van der Waals surface area contributed by atoms with Gasteiger partial charge in [0.1, 0.15) is 5.82 Å². The number of carbonyl (C=O) groups excluding carboxylic acids is 1. The van der Waals surface area contributed by atoms with Crippen molar-refractivity contribution in [2.75, 3.05) is 13.2 Å². The van der Waals surface area contributed by atoms with Gasteiger partial charge in [-0.2, -0.15) is 0 Å². The van der Waals surface area contributed by atoms with E-state index in [1.165, 1.54) is 0 Å². The van der Waals surface area contributed by atoms with Gasteiger partial charge in [0.15, 0.2) is 11.6 Å². The second-order valence-corrected chi connectivity index (χ2v) is 5.02. The second-order valence-electron chi connectivity index (χ2n) is 4.16. The Morgan fingerprint density at radius 2 is 2.00 bits per heavy atom. The molecule has 0 aliphatic heterocycles. The first-order valence-electron chi connectivity index (χ1n) is 6.47. The van der Waals surface area contributed by atoms with Crippen LogP contribution in [0.1, 0.15) is 32.6 Å². The summed E-state index contributed by atoms with van der Waals surface area (Å²) in [7, 11) is 0. The van der Waals surface area contributed by atoms with Gasteiger partial charge in [0.25, 0.3) is 0 Å². The smallest absolute Gasteiger partial charge is 0.305 e. The summed E-state index contributed by atoms with van der Waals surface area (Å²) in [6, 6.07) is 1.93. The largest absolute Gasteiger partial charge is 0.489 e. The lowest BCUT2D eigenvalue weighted by atomic mass is 10.2. The third-order valence-corrected chi connectivity index (χ3v) is 3.13. The summed E-state index contributed by atoms with van der Waals surface area (Å²) < 4.78 is 36.6. The van der Waals surface area contributed by atoms with Crippen molar-refractivity contribution in [1.29, 1.82) is 0 Å². The molecule has 0 atom stereocenters. The van der Waals surface area contributed by atoms with Crippen LogP contribution in [-0.4, -0.2) is 19.2 Å². The van der Waals surface area contributed by atoms with E-state index in [1.807, 2.05) is 0 Å². The summed E-state index contributed by atoms with van der Waals surface area (Å²) in [5.74, 6) is -1.59. The zero-order valence-corrected chi connectivity index (χ0v) is 12.8. The van der Waals surface area contributed by atoms with Crippen molar-refractivity contribution in [1.82, 2.24) is 0 Å². The van der Waals surface area contributed by atoms with E-state index in [9.17, 15) is 13.6 Å². The maximum Gasteiger partial charge on any atom is 0.305 e. The minimum Gasteiger partial charge on any atom is -0.489 e. The number of benzene rings is 1. The average Bonchev–Trinajstić information content (AvgIpc) is 2.36. The number of hydrogen-bond donors (Lipinski definition) is 0. The SMILES string of the molecule is CCOC(=O)CCCCCOc1c(F)cc(F)cc1Br. The molecule has 0 N–H and O–H groups in total. The molecule has 6 heteroatoms. The molecule has 0 bridgehead atoms. The van der Waals surface area contributed by atoms with Crippen LogP contribution in [0.4, 0.5) is 8.78 Å². The van der Waals surface area contributed by atoms with Crippen molar-refractivity contribution >= 4 is 21.9 Å². The average molecular weight is 351 g/mol. The summed E-state index contributed by atoms with van der Waals surface area (Å²) in [4.78, 5) is 11.1. The molecule has 0 heterocycles. The van der Waals surface area contributed by atoms with E-state index in [-0.39, 0.29) is 16.2 Å². The van der Waals surface area contributed by atoms with Crippen molar-refractivity contribution in [3.8, 4) is 5.75 Å². The number of halogens is 3.